The average molecular weight is 181 g/mol. The highest BCUT2D eigenvalue weighted by atomic mass is 16.1. The highest BCUT2D eigenvalue weighted by Crippen LogP contribution is 2.37. The predicted octanol–water partition coefficient (Wildman–Crippen LogP) is 1.70. The van der Waals surface area contributed by atoms with Gasteiger partial charge in [0.05, 0.1) is 0 Å². The van der Waals surface area contributed by atoms with Crippen molar-refractivity contribution in [1.29, 1.82) is 0 Å². The van der Waals surface area contributed by atoms with Crippen LogP contribution in [0.25, 0.3) is 0 Å². The summed E-state index contributed by atoms with van der Waals surface area (Å²) in [5, 5.41) is 0. The fraction of sp³-hybridized carbons (Fsp3) is 0.909. The summed E-state index contributed by atoms with van der Waals surface area (Å²) in [6, 6.07) is 0. The second kappa shape index (κ2) is 2.81. The number of ketones is 1. The first-order chi connectivity index (χ1) is 5.98. The number of fused-ring (bicyclic) bond motifs is 1. The Bertz CT molecular complexity index is 229. The van der Waals surface area contributed by atoms with Crippen LogP contribution in [-0.4, -0.2) is 29.3 Å². The van der Waals surface area contributed by atoms with Gasteiger partial charge < -0.3 is 0 Å². The number of hydrogen-bond acceptors (Lipinski definition) is 2. The summed E-state index contributed by atoms with van der Waals surface area (Å²) >= 11 is 0. The molecule has 2 atom stereocenters. The molecule has 1 heterocycles. The molecule has 1 saturated carbocycles. The molecular weight excluding hydrogens is 162 g/mol. The van der Waals surface area contributed by atoms with Gasteiger partial charge in [0.25, 0.3) is 0 Å². The fourth-order valence-electron chi connectivity index (χ4n) is 2.59. The number of rotatable bonds is 0. The third-order valence-corrected chi connectivity index (χ3v) is 3.56. The number of hydrogen-bond donors (Lipinski definition) is 0. The van der Waals surface area contributed by atoms with E-state index in [0.717, 1.165) is 25.9 Å². The van der Waals surface area contributed by atoms with Gasteiger partial charge in [-0.1, -0.05) is 0 Å². The van der Waals surface area contributed by atoms with Crippen molar-refractivity contribution in [3.05, 3.63) is 0 Å². The van der Waals surface area contributed by atoms with Crippen molar-refractivity contribution in [3.63, 3.8) is 0 Å². The Balaban J connectivity index is 2.07. The molecule has 2 unspecified atom stereocenters. The van der Waals surface area contributed by atoms with Gasteiger partial charge in [-0.2, -0.15) is 0 Å². The number of nitrogens with zero attached hydrogens (tertiary/aromatic N) is 1. The number of carbonyl (C=O) groups is 1. The minimum absolute atomic E-state index is 0.241. The lowest BCUT2D eigenvalue weighted by Gasteiger charge is -2.32. The van der Waals surface area contributed by atoms with Crippen molar-refractivity contribution in [2.24, 2.45) is 11.8 Å². The molecule has 1 aliphatic carbocycles. The number of carbonyl (C=O) groups excluding carboxylic acids is 1. The summed E-state index contributed by atoms with van der Waals surface area (Å²) < 4.78 is 0. The van der Waals surface area contributed by atoms with E-state index in [-0.39, 0.29) is 5.54 Å². The molecule has 0 spiro atoms. The Hall–Kier alpha value is -0.370. The van der Waals surface area contributed by atoms with E-state index in [2.05, 4.69) is 25.7 Å². The van der Waals surface area contributed by atoms with Crippen LogP contribution in [-0.2, 0) is 4.79 Å². The second-order valence-electron chi connectivity index (χ2n) is 5.45. The van der Waals surface area contributed by atoms with E-state index in [1.54, 1.807) is 0 Å². The van der Waals surface area contributed by atoms with Crippen LogP contribution in [0.4, 0.5) is 0 Å². The Morgan fingerprint density at radius 1 is 1.31 bits per heavy atom. The SMILES string of the molecule is CC(C)(C)N1CC2CCC(=O)C2C1. The van der Waals surface area contributed by atoms with Crippen LogP contribution < -0.4 is 0 Å². The molecule has 2 rings (SSSR count). The lowest BCUT2D eigenvalue weighted by atomic mass is 10.0. The lowest BCUT2D eigenvalue weighted by molar-refractivity contribution is -0.120. The molecule has 2 fully saturated rings. The first-order valence-electron chi connectivity index (χ1n) is 5.26. The molecule has 0 radical (unpaired) electrons. The van der Waals surface area contributed by atoms with E-state index >= 15 is 0 Å². The van der Waals surface area contributed by atoms with Crippen molar-refractivity contribution in [3.8, 4) is 0 Å². The topological polar surface area (TPSA) is 20.3 Å². The van der Waals surface area contributed by atoms with E-state index in [9.17, 15) is 4.79 Å². The van der Waals surface area contributed by atoms with Gasteiger partial charge in [0.1, 0.15) is 5.78 Å². The van der Waals surface area contributed by atoms with Crippen molar-refractivity contribution in [2.45, 2.75) is 39.2 Å². The summed E-state index contributed by atoms with van der Waals surface area (Å²) in [5.41, 5.74) is 0.241. The third kappa shape index (κ3) is 1.52. The normalized spacial score (nSPS) is 35.5. The standard InChI is InChI=1S/C11H19NO/c1-11(2,3)12-6-8-4-5-10(13)9(8)7-12/h8-9H,4-7H2,1-3H3. The molecule has 74 valence electrons. The maximum absolute atomic E-state index is 11.5. The highest BCUT2D eigenvalue weighted by molar-refractivity contribution is 5.84. The summed E-state index contributed by atoms with van der Waals surface area (Å²) in [6.07, 6.45) is 1.98. The van der Waals surface area contributed by atoms with Gasteiger partial charge in [-0.15, -0.1) is 0 Å². The minimum Gasteiger partial charge on any atom is -0.299 e. The van der Waals surface area contributed by atoms with E-state index < -0.39 is 0 Å². The highest BCUT2D eigenvalue weighted by Gasteiger charge is 2.44. The van der Waals surface area contributed by atoms with Gasteiger partial charge in [-0.25, -0.2) is 0 Å². The van der Waals surface area contributed by atoms with Crippen LogP contribution in [0.15, 0.2) is 0 Å². The minimum atomic E-state index is 0.241. The maximum atomic E-state index is 11.5. The van der Waals surface area contributed by atoms with Crippen LogP contribution in [0.3, 0.4) is 0 Å². The average Bonchev–Trinajstić information content (AvgIpc) is 2.51. The van der Waals surface area contributed by atoms with E-state index in [1.165, 1.54) is 0 Å². The first-order valence-corrected chi connectivity index (χ1v) is 5.26. The van der Waals surface area contributed by atoms with Gasteiger partial charge in [-0.05, 0) is 33.1 Å². The molecule has 0 aromatic heterocycles. The molecule has 0 aromatic rings. The second-order valence-corrected chi connectivity index (χ2v) is 5.45. The Morgan fingerprint density at radius 2 is 2.00 bits per heavy atom. The molecule has 2 nitrogen and oxygen atoms in total. The molecule has 1 aliphatic heterocycles. The monoisotopic (exact) mass is 181 g/mol. The van der Waals surface area contributed by atoms with Crippen LogP contribution in [0.2, 0.25) is 0 Å². The van der Waals surface area contributed by atoms with Crippen molar-refractivity contribution < 1.29 is 4.79 Å². The van der Waals surface area contributed by atoms with Crippen LogP contribution >= 0.6 is 0 Å². The maximum Gasteiger partial charge on any atom is 0.137 e. The van der Waals surface area contributed by atoms with E-state index in [4.69, 9.17) is 0 Å². The molecule has 0 bridgehead atoms. The quantitative estimate of drug-likeness (QED) is 0.567. The van der Waals surface area contributed by atoms with Gasteiger partial charge >= 0.3 is 0 Å². The Kier molecular flexibility index (Phi) is 1.99. The molecule has 0 aromatic carbocycles. The Labute approximate surface area is 80.3 Å². The smallest absolute Gasteiger partial charge is 0.137 e. The fourth-order valence-corrected chi connectivity index (χ4v) is 2.59. The number of likely N-dealkylation sites (tertiary alicyclic amines) is 1. The summed E-state index contributed by atoms with van der Waals surface area (Å²) in [7, 11) is 0. The van der Waals surface area contributed by atoms with E-state index in [1.807, 2.05) is 0 Å². The molecule has 13 heavy (non-hydrogen) atoms. The van der Waals surface area contributed by atoms with Gasteiger partial charge in [0, 0.05) is 31.0 Å². The molecule has 2 heteroatoms. The Morgan fingerprint density at radius 3 is 2.54 bits per heavy atom. The first kappa shape index (κ1) is 9.20. The zero-order chi connectivity index (χ0) is 9.64. The predicted molar refractivity (Wildman–Crippen MR) is 52.5 cm³/mol. The van der Waals surface area contributed by atoms with Gasteiger partial charge in [-0.3, -0.25) is 9.69 Å². The zero-order valence-corrected chi connectivity index (χ0v) is 8.84. The molecule has 0 N–H and O–H groups in total. The summed E-state index contributed by atoms with van der Waals surface area (Å²) in [6.45, 7) is 8.85. The third-order valence-electron chi connectivity index (χ3n) is 3.56. The number of Topliss-reactive ketones (excluding diaryl/α,β-unsaturated/α-hetero) is 1. The van der Waals surface area contributed by atoms with E-state index in [0.29, 0.717) is 17.6 Å². The molecule has 0 amide bonds. The van der Waals surface area contributed by atoms with Gasteiger partial charge in [0.2, 0.25) is 0 Å². The zero-order valence-electron chi connectivity index (χ0n) is 8.84. The largest absolute Gasteiger partial charge is 0.299 e. The van der Waals surface area contributed by atoms with Crippen molar-refractivity contribution in [2.75, 3.05) is 13.1 Å². The van der Waals surface area contributed by atoms with Crippen molar-refractivity contribution in [1.82, 2.24) is 4.90 Å². The molecule has 2 aliphatic rings. The molecular formula is C11H19NO. The van der Waals surface area contributed by atoms with Crippen LogP contribution in [0, 0.1) is 11.8 Å². The van der Waals surface area contributed by atoms with Crippen molar-refractivity contribution >= 4 is 5.78 Å². The van der Waals surface area contributed by atoms with Gasteiger partial charge in [0.15, 0.2) is 0 Å². The summed E-state index contributed by atoms with van der Waals surface area (Å²) in [5.74, 6) is 1.56. The molecule has 1 saturated heterocycles. The lowest BCUT2D eigenvalue weighted by Crippen LogP contribution is -2.40. The van der Waals surface area contributed by atoms with Crippen LogP contribution in [0.5, 0.6) is 0 Å². The van der Waals surface area contributed by atoms with Crippen LogP contribution in [0.1, 0.15) is 33.6 Å². The summed E-state index contributed by atoms with van der Waals surface area (Å²) in [4.78, 5) is 14.0.